The first kappa shape index (κ1) is 20.0. The average molecular weight is 423 g/mol. The Morgan fingerprint density at radius 3 is 2.33 bits per heavy atom. The first-order valence-electron chi connectivity index (χ1n) is 9.38. The first-order chi connectivity index (χ1) is 14.4. The SMILES string of the molecule is COc1ccc(-c2oc3c(-c4cc[n+](C)cc4)cc(C)cc3c(=O)c2OC)cc1Cl. The van der Waals surface area contributed by atoms with Gasteiger partial charge in [-0.15, -0.1) is 0 Å². The predicted octanol–water partition coefficient (Wildman–Crippen LogP) is 4.93. The second kappa shape index (κ2) is 7.84. The van der Waals surface area contributed by atoms with E-state index in [1.54, 1.807) is 25.3 Å². The maximum absolute atomic E-state index is 13.3. The molecule has 0 aliphatic carbocycles. The van der Waals surface area contributed by atoms with Gasteiger partial charge in [0.25, 0.3) is 0 Å². The fraction of sp³-hybridized carbons (Fsp3) is 0.167. The second-order valence-electron chi connectivity index (χ2n) is 7.08. The van der Waals surface area contributed by atoms with Crippen molar-refractivity contribution in [2.45, 2.75) is 6.92 Å². The lowest BCUT2D eigenvalue weighted by atomic mass is 10.00. The summed E-state index contributed by atoms with van der Waals surface area (Å²) in [5, 5.41) is 0.887. The molecular formula is C24H21ClNO4+. The molecule has 152 valence electrons. The molecule has 0 spiro atoms. The Hall–Kier alpha value is -3.31. The van der Waals surface area contributed by atoms with Gasteiger partial charge in [-0.2, -0.15) is 0 Å². The molecule has 0 amide bonds. The van der Waals surface area contributed by atoms with Crippen LogP contribution in [0.3, 0.4) is 0 Å². The van der Waals surface area contributed by atoms with Crippen molar-refractivity contribution in [2.75, 3.05) is 14.2 Å². The molecular weight excluding hydrogens is 402 g/mol. The van der Waals surface area contributed by atoms with Gasteiger partial charge in [-0.3, -0.25) is 4.79 Å². The van der Waals surface area contributed by atoms with Crippen LogP contribution in [0.25, 0.3) is 33.4 Å². The van der Waals surface area contributed by atoms with E-state index >= 15 is 0 Å². The van der Waals surface area contributed by atoms with Crippen LogP contribution in [0.2, 0.25) is 5.02 Å². The lowest BCUT2D eigenvalue weighted by Crippen LogP contribution is -2.25. The normalized spacial score (nSPS) is 11.0. The van der Waals surface area contributed by atoms with Crippen LogP contribution in [-0.4, -0.2) is 14.2 Å². The molecule has 0 radical (unpaired) electrons. The molecule has 0 aliphatic heterocycles. The molecule has 2 aromatic carbocycles. The molecule has 0 aliphatic rings. The van der Waals surface area contributed by atoms with E-state index in [1.165, 1.54) is 7.11 Å². The van der Waals surface area contributed by atoms with Gasteiger partial charge in [-0.25, -0.2) is 4.57 Å². The second-order valence-corrected chi connectivity index (χ2v) is 7.49. The molecule has 5 nitrogen and oxygen atoms in total. The summed E-state index contributed by atoms with van der Waals surface area (Å²) in [6.45, 7) is 1.95. The van der Waals surface area contributed by atoms with Crippen LogP contribution in [-0.2, 0) is 7.05 Å². The van der Waals surface area contributed by atoms with Gasteiger partial charge in [0, 0.05) is 23.3 Å². The fourth-order valence-electron chi connectivity index (χ4n) is 3.50. The molecule has 0 saturated heterocycles. The van der Waals surface area contributed by atoms with Gasteiger partial charge >= 0.3 is 0 Å². The van der Waals surface area contributed by atoms with E-state index in [1.807, 2.05) is 55.2 Å². The van der Waals surface area contributed by atoms with Crippen LogP contribution in [0.1, 0.15) is 5.56 Å². The summed E-state index contributed by atoms with van der Waals surface area (Å²) >= 11 is 6.31. The number of pyridine rings is 1. The van der Waals surface area contributed by atoms with Crippen molar-refractivity contribution in [3.8, 4) is 33.9 Å². The zero-order valence-corrected chi connectivity index (χ0v) is 17.9. The maximum atomic E-state index is 13.3. The highest BCUT2D eigenvalue weighted by molar-refractivity contribution is 6.32. The number of aromatic nitrogens is 1. The molecule has 0 fully saturated rings. The van der Waals surface area contributed by atoms with Crippen LogP contribution >= 0.6 is 11.6 Å². The molecule has 0 saturated carbocycles. The Morgan fingerprint density at radius 2 is 1.70 bits per heavy atom. The monoisotopic (exact) mass is 422 g/mol. The van der Waals surface area contributed by atoms with Crippen molar-refractivity contribution < 1.29 is 18.5 Å². The average Bonchev–Trinajstić information content (AvgIpc) is 2.74. The molecule has 4 aromatic rings. The summed E-state index contributed by atoms with van der Waals surface area (Å²) in [6.07, 6.45) is 3.91. The third-order valence-corrected chi connectivity index (χ3v) is 5.30. The van der Waals surface area contributed by atoms with Crippen molar-refractivity contribution in [3.63, 3.8) is 0 Å². The molecule has 2 aromatic heterocycles. The van der Waals surface area contributed by atoms with Gasteiger partial charge in [0.1, 0.15) is 18.4 Å². The number of fused-ring (bicyclic) bond motifs is 1. The number of ether oxygens (including phenoxy) is 2. The van der Waals surface area contributed by atoms with Crippen molar-refractivity contribution in [3.05, 3.63) is 75.7 Å². The number of hydrogen-bond acceptors (Lipinski definition) is 4. The van der Waals surface area contributed by atoms with Crippen LogP contribution in [0.5, 0.6) is 11.5 Å². The molecule has 0 N–H and O–H groups in total. The van der Waals surface area contributed by atoms with Crippen LogP contribution in [0, 0.1) is 6.92 Å². The molecule has 0 unspecified atom stereocenters. The van der Waals surface area contributed by atoms with Gasteiger partial charge in [-0.1, -0.05) is 11.6 Å². The summed E-state index contributed by atoms with van der Waals surface area (Å²) < 4.78 is 18.9. The van der Waals surface area contributed by atoms with Crippen LogP contribution in [0.15, 0.2) is 64.1 Å². The number of benzene rings is 2. The van der Waals surface area contributed by atoms with E-state index in [0.29, 0.717) is 33.1 Å². The number of methoxy groups -OCH3 is 2. The smallest absolute Gasteiger partial charge is 0.235 e. The zero-order chi connectivity index (χ0) is 21.4. The van der Waals surface area contributed by atoms with E-state index in [0.717, 1.165) is 16.7 Å². The number of hydrogen-bond donors (Lipinski definition) is 0. The summed E-state index contributed by atoms with van der Waals surface area (Å²) in [4.78, 5) is 13.3. The molecule has 6 heteroatoms. The summed E-state index contributed by atoms with van der Waals surface area (Å²) in [5.74, 6) is 1.00. The zero-order valence-electron chi connectivity index (χ0n) is 17.2. The standard InChI is InChI=1S/C24H21ClNO4/c1-14-11-17(15-7-9-26(2)10-8-15)23-18(12-14)21(27)24(29-4)22(30-23)16-5-6-20(28-3)19(25)13-16/h5-13H,1-4H3/q+1. The number of aryl methyl sites for hydroxylation is 2. The molecule has 30 heavy (non-hydrogen) atoms. The van der Waals surface area contributed by atoms with Crippen molar-refractivity contribution in [1.82, 2.24) is 0 Å². The van der Waals surface area contributed by atoms with Crippen LogP contribution in [0.4, 0.5) is 0 Å². The third kappa shape index (κ3) is 3.42. The quantitative estimate of drug-likeness (QED) is 0.437. The van der Waals surface area contributed by atoms with E-state index in [4.69, 9.17) is 25.5 Å². The highest BCUT2D eigenvalue weighted by Crippen LogP contribution is 2.38. The highest BCUT2D eigenvalue weighted by atomic mass is 35.5. The van der Waals surface area contributed by atoms with Gasteiger partial charge in [0.05, 0.1) is 24.6 Å². The van der Waals surface area contributed by atoms with Crippen LogP contribution < -0.4 is 19.5 Å². The third-order valence-electron chi connectivity index (χ3n) is 5.00. The molecule has 0 bridgehead atoms. The Labute approximate surface area is 179 Å². The van der Waals surface area contributed by atoms with E-state index < -0.39 is 0 Å². The minimum absolute atomic E-state index is 0.139. The van der Waals surface area contributed by atoms with Crippen molar-refractivity contribution in [1.29, 1.82) is 0 Å². The highest BCUT2D eigenvalue weighted by Gasteiger charge is 2.21. The van der Waals surface area contributed by atoms with Crippen molar-refractivity contribution in [2.24, 2.45) is 7.05 Å². The lowest BCUT2D eigenvalue weighted by molar-refractivity contribution is -0.671. The molecule has 0 atom stereocenters. The summed E-state index contributed by atoms with van der Waals surface area (Å²) in [5.41, 5.74) is 3.65. The Bertz CT molecular complexity index is 1310. The minimum Gasteiger partial charge on any atom is -0.495 e. The molecule has 4 rings (SSSR count). The van der Waals surface area contributed by atoms with Gasteiger partial charge in [-0.05, 0) is 48.4 Å². The largest absolute Gasteiger partial charge is 0.495 e. The van der Waals surface area contributed by atoms with E-state index in [-0.39, 0.29) is 11.2 Å². The number of nitrogens with zero attached hydrogens (tertiary/aromatic N) is 1. The Morgan fingerprint density at radius 1 is 0.967 bits per heavy atom. The maximum Gasteiger partial charge on any atom is 0.235 e. The first-order valence-corrected chi connectivity index (χ1v) is 9.75. The summed E-state index contributed by atoms with van der Waals surface area (Å²) in [6, 6.07) is 13.0. The lowest BCUT2D eigenvalue weighted by Gasteiger charge is -2.13. The van der Waals surface area contributed by atoms with Gasteiger partial charge in [0.15, 0.2) is 18.2 Å². The van der Waals surface area contributed by atoms with Gasteiger partial charge < -0.3 is 13.9 Å². The minimum atomic E-state index is -0.230. The van der Waals surface area contributed by atoms with Crippen molar-refractivity contribution >= 4 is 22.6 Å². The molecule has 2 heterocycles. The number of halogens is 1. The van der Waals surface area contributed by atoms with Gasteiger partial charge in [0.2, 0.25) is 11.2 Å². The Balaban J connectivity index is 2.06. The topological polar surface area (TPSA) is 52.5 Å². The fourth-order valence-corrected chi connectivity index (χ4v) is 3.76. The Kier molecular flexibility index (Phi) is 5.22. The predicted molar refractivity (Wildman–Crippen MR) is 117 cm³/mol. The van der Waals surface area contributed by atoms with E-state index in [2.05, 4.69) is 0 Å². The van der Waals surface area contributed by atoms with E-state index in [9.17, 15) is 4.79 Å². The number of rotatable bonds is 4. The summed E-state index contributed by atoms with van der Waals surface area (Å²) in [7, 11) is 4.96.